The molecule has 0 radical (unpaired) electrons. The van der Waals surface area contributed by atoms with E-state index in [9.17, 15) is 0 Å². The molecular weight excluding hydrogens is 725 g/mol. The zero-order chi connectivity index (χ0) is 41.5. The summed E-state index contributed by atoms with van der Waals surface area (Å²) in [6.07, 6.45) is 50.1. The highest BCUT2D eigenvalue weighted by atomic mass is 15.0. The molecule has 2 heterocycles. The van der Waals surface area contributed by atoms with E-state index in [0.29, 0.717) is 0 Å². The highest BCUT2D eigenvalue weighted by molar-refractivity contribution is 6.24. The molecule has 0 unspecified atom stereocenters. The second kappa shape index (κ2) is 26.9. The first-order valence-corrected chi connectivity index (χ1v) is 26.1. The predicted molar refractivity (Wildman–Crippen MR) is 269 cm³/mol. The van der Waals surface area contributed by atoms with Crippen molar-refractivity contribution in [3.05, 3.63) is 73.1 Å². The number of fused-ring (bicyclic) bond motifs is 9. The maximum absolute atomic E-state index is 2.50. The summed E-state index contributed by atoms with van der Waals surface area (Å²) >= 11 is 0. The van der Waals surface area contributed by atoms with Crippen LogP contribution in [0.3, 0.4) is 0 Å². The van der Waals surface area contributed by atoms with E-state index in [2.05, 4.69) is 96.0 Å². The molecule has 328 valence electrons. The molecule has 0 atom stereocenters. The number of benzene rings is 4. The van der Waals surface area contributed by atoms with Gasteiger partial charge in [-0.15, -0.1) is 0 Å². The summed E-state index contributed by atoms with van der Waals surface area (Å²) in [5.74, 6) is 0. The molecule has 2 heteroatoms. The minimum Gasteiger partial charge on any atom is -0.347 e. The van der Waals surface area contributed by atoms with E-state index in [-0.39, 0.29) is 0 Å². The third-order valence-electron chi connectivity index (χ3n) is 14.2. The van der Waals surface area contributed by atoms with E-state index in [4.69, 9.17) is 0 Å². The lowest BCUT2D eigenvalue weighted by molar-refractivity contribution is 0.522. The Morgan fingerprint density at radius 1 is 0.233 bits per heavy atom. The predicted octanol–water partition coefficient (Wildman–Crippen LogP) is 19.6. The van der Waals surface area contributed by atoms with Crippen LogP contribution in [0.4, 0.5) is 0 Å². The van der Waals surface area contributed by atoms with Crippen molar-refractivity contribution in [2.45, 2.75) is 232 Å². The monoisotopic (exact) mass is 811 g/mol. The first-order valence-electron chi connectivity index (χ1n) is 26.1. The highest BCUT2D eigenvalue weighted by Crippen LogP contribution is 2.37. The lowest BCUT2D eigenvalue weighted by Crippen LogP contribution is -1.96. The van der Waals surface area contributed by atoms with Crippen LogP contribution in [0.2, 0.25) is 0 Å². The smallest absolute Gasteiger partial charge is 0.0486 e. The van der Waals surface area contributed by atoms with E-state index in [0.717, 1.165) is 13.1 Å². The molecule has 2 aromatic heterocycles. The maximum atomic E-state index is 2.50. The Balaban J connectivity index is 0.901. The Labute approximate surface area is 367 Å². The van der Waals surface area contributed by atoms with Gasteiger partial charge in [0.25, 0.3) is 0 Å². The Hall–Kier alpha value is -3.26. The zero-order valence-electron chi connectivity index (χ0n) is 38.9. The topological polar surface area (TPSA) is 9.86 Å². The zero-order valence-corrected chi connectivity index (χ0v) is 38.9. The molecule has 4 aromatic carbocycles. The fraction of sp³-hybridized carbons (Fsp3) is 0.621. The molecule has 6 aromatic rings. The first-order chi connectivity index (χ1) is 29.8. The van der Waals surface area contributed by atoms with Crippen LogP contribution in [0.15, 0.2) is 73.1 Å². The Morgan fingerprint density at radius 2 is 0.450 bits per heavy atom. The molecule has 0 N–H and O–H groups in total. The van der Waals surface area contributed by atoms with Gasteiger partial charge in [-0.1, -0.05) is 243 Å². The summed E-state index contributed by atoms with van der Waals surface area (Å²) in [6, 6.07) is 23.9. The standard InChI is InChI=1S/C58H86N2/c1-3-5-7-9-11-13-15-17-19-21-23-25-27-29-31-33-45-59-47-43-55-53-37-35-50-49(51(53)39-41-57(55)59)36-38-54-52(50)40-42-58-56(54)44-48-60(58)46-34-32-30-28-26-24-22-20-18-16-14-12-10-8-6-4-2/h35-44,47-48H,3-34,45-46H2,1-2H3. The summed E-state index contributed by atoms with van der Waals surface area (Å²) < 4.78 is 5.01. The van der Waals surface area contributed by atoms with E-state index >= 15 is 0 Å². The van der Waals surface area contributed by atoms with Gasteiger partial charge in [-0.2, -0.15) is 0 Å². The highest BCUT2D eigenvalue weighted by Gasteiger charge is 2.12. The molecule has 2 nitrogen and oxygen atoms in total. The van der Waals surface area contributed by atoms with Crippen LogP contribution < -0.4 is 0 Å². The van der Waals surface area contributed by atoms with Crippen LogP contribution in [0, 0.1) is 0 Å². The number of hydrogen-bond donors (Lipinski definition) is 0. The number of nitrogens with zero attached hydrogens (tertiary/aromatic N) is 2. The maximum Gasteiger partial charge on any atom is 0.0486 e. The van der Waals surface area contributed by atoms with Gasteiger partial charge in [0, 0.05) is 47.3 Å². The SMILES string of the molecule is CCCCCCCCCCCCCCCCCCn1ccc2c3ccc4c(ccc5c4ccc4c5ccn4CCCCCCCCCCCCCCCCCC)c3ccc21. The summed E-state index contributed by atoms with van der Waals surface area (Å²) in [5.41, 5.74) is 2.77. The van der Waals surface area contributed by atoms with Crippen LogP contribution in [-0.4, -0.2) is 9.13 Å². The lowest BCUT2D eigenvalue weighted by Gasteiger charge is -2.11. The van der Waals surface area contributed by atoms with Crippen molar-refractivity contribution >= 4 is 54.1 Å². The quantitative estimate of drug-likeness (QED) is 0.0284. The first kappa shape index (κ1) is 46.2. The van der Waals surface area contributed by atoms with E-state index in [1.54, 1.807) is 0 Å². The summed E-state index contributed by atoms with van der Waals surface area (Å²) in [7, 11) is 0. The fourth-order valence-corrected chi connectivity index (χ4v) is 10.5. The van der Waals surface area contributed by atoms with Crippen LogP contribution in [0.1, 0.15) is 219 Å². The molecule has 0 saturated carbocycles. The molecule has 0 fully saturated rings. The number of unbranched alkanes of at least 4 members (excludes halogenated alkanes) is 30. The molecule has 0 aliphatic heterocycles. The van der Waals surface area contributed by atoms with Gasteiger partial charge in [0.2, 0.25) is 0 Å². The van der Waals surface area contributed by atoms with Crippen molar-refractivity contribution in [1.82, 2.24) is 9.13 Å². The second-order valence-corrected chi connectivity index (χ2v) is 19.0. The van der Waals surface area contributed by atoms with Crippen LogP contribution in [-0.2, 0) is 13.1 Å². The minimum atomic E-state index is 1.13. The number of rotatable bonds is 34. The fourth-order valence-electron chi connectivity index (χ4n) is 10.5. The van der Waals surface area contributed by atoms with E-state index in [1.165, 1.54) is 260 Å². The van der Waals surface area contributed by atoms with E-state index < -0.39 is 0 Å². The number of hydrogen-bond acceptors (Lipinski definition) is 0. The summed E-state index contributed by atoms with van der Waals surface area (Å²) in [4.78, 5) is 0. The van der Waals surface area contributed by atoms with Crippen molar-refractivity contribution in [3.8, 4) is 0 Å². The molecule has 0 spiro atoms. The number of aromatic nitrogens is 2. The summed E-state index contributed by atoms with van der Waals surface area (Å²) in [5, 5.41) is 11.1. The molecule has 6 rings (SSSR count). The largest absolute Gasteiger partial charge is 0.347 e. The van der Waals surface area contributed by atoms with Crippen molar-refractivity contribution < 1.29 is 0 Å². The van der Waals surface area contributed by atoms with Gasteiger partial charge < -0.3 is 9.13 Å². The van der Waals surface area contributed by atoms with Crippen LogP contribution in [0.25, 0.3) is 54.1 Å². The molecule has 0 aliphatic carbocycles. The molecule has 0 saturated heterocycles. The third-order valence-corrected chi connectivity index (χ3v) is 14.2. The second-order valence-electron chi connectivity index (χ2n) is 19.0. The van der Waals surface area contributed by atoms with Crippen molar-refractivity contribution in [3.63, 3.8) is 0 Å². The van der Waals surface area contributed by atoms with Gasteiger partial charge in [0.05, 0.1) is 0 Å². The van der Waals surface area contributed by atoms with Crippen molar-refractivity contribution in [1.29, 1.82) is 0 Å². The minimum absolute atomic E-state index is 1.13. The van der Waals surface area contributed by atoms with Crippen LogP contribution >= 0.6 is 0 Å². The third kappa shape index (κ3) is 13.9. The Bertz CT molecular complexity index is 1930. The van der Waals surface area contributed by atoms with Gasteiger partial charge in [-0.3, -0.25) is 0 Å². The molecule has 60 heavy (non-hydrogen) atoms. The van der Waals surface area contributed by atoms with Gasteiger partial charge in [-0.25, -0.2) is 0 Å². The Morgan fingerprint density at radius 3 is 0.717 bits per heavy atom. The normalized spacial score (nSPS) is 12.1. The molecule has 0 aliphatic rings. The van der Waals surface area contributed by atoms with Crippen molar-refractivity contribution in [2.75, 3.05) is 0 Å². The van der Waals surface area contributed by atoms with Gasteiger partial charge in [0.15, 0.2) is 0 Å². The average Bonchev–Trinajstić information content (AvgIpc) is 3.90. The molecule has 0 amide bonds. The van der Waals surface area contributed by atoms with Crippen molar-refractivity contribution in [2.24, 2.45) is 0 Å². The van der Waals surface area contributed by atoms with Crippen LogP contribution in [0.5, 0.6) is 0 Å². The average molecular weight is 811 g/mol. The van der Waals surface area contributed by atoms with Gasteiger partial charge >= 0.3 is 0 Å². The lowest BCUT2D eigenvalue weighted by atomic mass is 9.94. The number of aryl methyl sites for hydroxylation is 2. The van der Waals surface area contributed by atoms with E-state index in [1.807, 2.05) is 0 Å². The van der Waals surface area contributed by atoms with Gasteiger partial charge in [0.1, 0.15) is 0 Å². The molecular formula is C58H86N2. The summed E-state index contributed by atoms with van der Waals surface area (Å²) in [6.45, 7) is 6.87. The molecule has 0 bridgehead atoms. The van der Waals surface area contributed by atoms with Gasteiger partial charge in [-0.05, 0) is 69.4 Å². The Kier molecular flexibility index (Phi) is 20.8.